The summed E-state index contributed by atoms with van der Waals surface area (Å²) in [5.74, 6) is 7.44. The largest absolute Gasteiger partial charge is 0.441 e. The highest BCUT2D eigenvalue weighted by atomic mass is 35.5. The van der Waals surface area contributed by atoms with Crippen molar-refractivity contribution in [2.75, 3.05) is 0 Å². The van der Waals surface area contributed by atoms with Crippen molar-refractivity contribution in [3.8, 4) is 0 Å². The number of nitrogens with one attached hydrogen (secondary N) is 1. The van der Waals surface area contributed by atoms with Crippen LogP contribution in [0.15, 0.2) is 54.1 Å². The molecular formula is C29H33Cl2N3O2. The van der Waals surface area contributed by atoms with E-state index in [9.17, 15) is 4.79 Å². The van der Waals surface area contributed by atoms with E-state index in [4.69, 9.17) is 33.8 Å². The van der Waals surface area contributed by atoms with Gasteiger partial charge in [-0.1, -0.05) is 61.0 Å². The second kappa shape index (κ2) is 9.75. The van der Waals surface area contributed by atoms with Crippen LogP contribution in [-0.4, -0.2) is 17.8 Å². The van der Waals surface area contributed by atoms with Gasteiger partial charge in [0.2, 0.25) is 11.8 Å². The monoisotopic (exact) mass is 525 g/mol. The number of hydrazone groups is 1. The summed E-state index contributed by atoms with van der Waals surface area (Å²) < 4.78 is 5.88. The molecule has 0 radical (unpaired) electrons. The van der Waals surface area contributed by atoms with Crippen LogP contribution in [0.5, 0.6) is 0 Å². The second-order valence-electron chi connectivity index (χ2n) is 10.5. The molecule has 0 bridgehead atoms. The quantitative estimate of drug-likeness (QED) is 0.142. The van der Waals surface area contributed by atoms with Gasteiger partial charge >= 0.3 is 0 Å². The highest BCUT2D eigenvalue weighted by molar-refractivity contribution is 6.31. The van der Waals surface area contributed by atoms with Crippen LogP contribution < -0.4 is 11.2 Å². The van der Waals surface area contributed by atoms with Gasteiger partial charge in [-0.3, -0.25) is 4.79 Å². The lowest BCUT2D eigenvalue weighted by atomic mass is 9.54. The van der Waals surface area contributed by atoms with Gasteiger partial charge in [-0.15, -0.1) is 5.10 Å². The number of nitrogens with zero attached hydrogens (tertiary/aromatic N) is 1. The van der Waals surface area contributed by atoms with Crippen molar-refractivity contribution in [2.45, 2.75) is 63.8 Å². The van der Waals surface area contributed by atoms with E-state index in [1.54, 1.807) is 0 Å². The zero-order valence-electron chi connectivity index (χ0n) is 20.8. The van der Waals surface area contributed by atoms with Gasteiger partial charge in [-0.25, -0.2) is 0 Å². The van der Waals surface area contributed by atoms with E-state index in [1.807, 2.05) is 24.3 Å². The average molecular weight is 527 g/mol. The minimum absolute atomic E-state index is 0.0727. The van der Waals surface area contributed by atoms with Crippen LogP contribution in [0, 0.1) is 17.3 Å². The number of hydrogen-bond acceptors (Lipinski definition) is 4. The molecule has 5 rings (SSSR count). The van der Waals surface area contributed by atoms with E-state index in [2.05, 4.69) is 49.0 Å². The number of amides is 1. The Morgan fingerprint density at radius 1 is 1.19 bits per heavy atom. The molecule has 5 atom stereocenters. The number of fused-ring (bicyclic) bond motifs is 1. The van der Waals surface area contributed by atoms with Crippen molar-refractivity contribution in [2.24, 2.45) is 28.2 Å². The lowest BCUT2D eigenvalue weighted by Crippen LogP contribution is -2.43. The third-order valence-electron chi connectivity index (χ3n) is 8.60. The van der Waals surface area contributed by atoms with Gasteiger partial charge < -0.3 is 15.9 Å². The first-order valence-corrected chi connectivity index (χ1v) is 13.6. The van der Waals surface area contributed by atoms with E-state index in [1.165, 1.54) is 5.56 Å². The van der Waals surface area contributed by atoms with Crippen LogP contribution in [0.3, 0.4) is 0 Å². The molecule has 1 saturated heterocycles. The Labute approximate surface area is 223 Å². The number of ether oxygens (including phenoxy) is 1. The number of benzene rings is 2. The van der Waals surface area contributed by atoms with Crippen LogP contribution in [-0.2, 0) is 9.53 Å². The zero-order valence-corrected chi connectivity index (χ0v) is 22.3. The van der Waals surface area contributed by atoms with Gasteiger partial charge in [0, 0.05) is 33.5 Å². The van der Waals surface area contributed by atoms with Crippen molar-refractivity contribution < 1.29 is 9.53 Å². The van der Waals surface area contributed by atoms with Crippen molar-refractivity contribution in [3.05, 3.63) is 75.8 Å². The predicted molar refractivity (Wildman–Crippen MR) is 146 cm³/mol. The zero-order chi connectivity index (χ0) is 25.6. The molecule has 2 aromatic carbocycles. The molecular weight excluding hydrogens is 493 g/mol. The topological polar surface area (TPSA) is 76.7 Å². The lowest BCUT2D eigenvalue weighted by Gasteiger charge is -2.47. The summed E-state index contributed by atoms with van der Waals surface area (Å²) in [5.41, 5.74) is 2.71. The Bertz CT molecular complexity index is 1210. The summed E-state index contributed by atoms with van der Waals surface area (Å²) in [6.45, 7) is 8.35. The number of carbonyl (C=O) groups excluding carboxylic acids is 1. The molecule has 3 N–H and O–H groups in total. The molecule has 0 unspecified atom stereocenters. The van der Waals surface area contributed by atoms with E-state index in [-0.39, 0.29) is 41.0 Å². The fraction of sp³-hybridized carbons (Fsp3) is 0.448. The van der Waals surface area contributed by atoms with Crippen molar-refractivity contribution in [3.63, 3.8) is 0 Å². The second-order valence-corrected chi connectivity index (χ2v) is 11.4. The molecule has 2 saturated carbocycles. The van der Waals surface area contributed by atoms with Crippen LogP contribution in [0.2, 0.25) is 10.0 Å². The summed E-state index contributed by atoms with van der Waals surface area (Å²) in [5, 5.41) is 8.43. The molecule has 1 heterocycles. The Hall–Kier alpha value is -2.50. The summed E-state index contributed by atoms with van der Waals surface area (Å²) >= 11 is 13.2. The number of carbonyl (C=O) groups is 1. The molecule has 0 aromatic heterocycles. The van der Waals surface area contributed by atoms with E-state index in [0.29, 0.717) is 21.7 Å². The molecule has 1 amide bonds. The maximum Gasteiger partial charge on any atom is 0.226 e. The minimum Gasteiger partial charge on any atom is -0.441 e. The highest BCUT2D eigenvalue weighted by Gasteiger charge is 2.59. The van der Waals surface area contributed by atoms with Crippen molar-refractivity contribution in [1.82, 2.24) is 5.32 Å². The third-order valence-corrected chi connectivity index (χ3v) is 9.18. The normalized spacial score (nSPS) is 30.0. The van der Waals surface area contributed by atoms with Gasteiger partial charge in [0.15, 0.2) is 0 Å². The fourth-order valence-corrected chi connectivity index (χ4v) is 7.07. The van der Waals surface area contributed by atoms with Gasteiger partial charge in [0.25, 0.3) is 0 Å². The summed E-state index contributed by atoms with van der Waals surface area (Å²) in [6.07, 6.45) is 4.60. The molecule has 2 aromatic rings. The van der Waals surface area contributed by atoms with Crippen LogP contribution in [0.1, 0.15) is 74.5 Å². The Kier molecular flexibility index (Phi) is 6.82. The molecule has 36 heavy (non-hydrogen) atoms. The minimum atomic E-state index is -0.366. The molecule has 1 aliphatic heterocycles. The Morgan fingerprint density at radius 2 is 1.92 bits per heavy atom. The Morgan fingerprint density at radius 3 is 2.53 bits per heavy atom. The van der Waals surface area contributed by atoms with Gasteiger partial charge in [-0.05, 0) is 80.2 Å². The molecule has 3 aliphatic rings. The van der Waals surface area contributed by atoms with Crippen LogP contribution >= 0.6 is 23.2 Å². The summed E-state index contributed by atoms with van der Waals surface area (Å²) in [4.78, 5) is 13.2. The maximum absolute atomic E-state index is 13.2. The number of nitrogens with two attached hydrogens (primary N) is 1. The fourth-order valence-electron chi connectivity index (χ4n) is 6.63. The van der Waals surface area contributed by atoms with Crippen molar-refractivity contribution >= 4 is 40.8 Å². The van der Waals surface area contributed by atoms with Gasteiger partial charge in [0.05, 0.1) is 5.41 Å². The van der Waals surface area contributed by atoms with Crippen LogP contribution in [0.4, 0.5) is 0 Å². The first-order chi connectivity index (χ1) is 17.3. The van der Waals surface area contributed by atoms with Crippen molar-refractivity contribution in [1.29, 1.82) is 0 Å². The molecule has 0 spiro atoms. The smallest absolute Gasteiger partial charge is 0.226 e. The number of halogens is 2. The third kappa shape index (κ3) is 4.31. The number of rotatable bonds is 6. The van der Waals surface area contributed by atoms with Crippen LogP contribution in [0.25, 0.3) is 5.76 Å². The maximum atomic E-state index is 13.2. The summed E-state index contributed by atoms with van der Waals surface area (Å²) in [6, 6.07) is 14.2. The molecule has 7 heteroatoms. The Balaban J connectivity index is 1.50. The molecule has 3 fully saturated rings. The van der Waals surface area contributed by atoms with E-state index < -0.39 is 0 Å². The summed E-state index contributed by atoms with van der Waals surface area (Å²) in [7, 11) is 0. The highest BCUT2D eigenvalue weighted by Crippen LogP contribution is 2.60. The average Bonchev–Trinajstić information content (AvgIpc) is 3.68. The van der Waals surface area contributed by atoms with E-state index in [0.717, 1.165) is 43.2 Å². The molecule has 5 nitrogen and oxygen atoms in total. The first-order valence-electron chi connectivity index (χ1n) is 12.8. The molecule has 190 valence electrons. The van der Waals surface area contributed by atoms with Gasteiger partial charge in [0.1, 0.15) is 5.76 Å². The number of hydrogen-bond donors (Lipinski definition) is 2. The molecule has 2 aliphatic carbocycles. The first kappa shape index (κ1) is 25.2. The SMILES string of the molecule is C=C(O/C(=N\N)C1CC1)c1ccc([C@@H]2CC[C@@]3(CC)C(=O)N[C@H](C)[C@H]3[C@H]2c2ccc(Cl)cc2)c(Cl)c1. The van der Waals surface area contributed by atoms with E-state index >= 15 is 0 Å². The van der Waals surface area contributed by atoms with Gasteiger partial charge in [-0.2, -0.15) is 0 Å². The lowest BCUT2D eigenvalue weighted by molar-refractivity contribution is -0.131. The standard InChI is InChI=1S/C29H33Cl2N3O2/c1-4-29-14-13-23(25(18-7-10-21(30)11-8-18)26(29)16(2)33-28(29)35)22-12-9-20(15-24(22)31)17(3)36-27(34-32)19-5-6-19/h7-12,15-16,19,23,25-26H,3-6,13-14,32H2,1-2H3,(H,33,35)/b34-27-/t16-,23+,25+,26+,29-/m1/s1. The predicted octanol–water partition coefficient (Wildman–Crippen LogP) is 6.86.